The number of nitrogen functional groups attached to an aromatic ring is 1. The van der Waals surface area contributed by atoms with Crippen LogP contribution in [-0.4, -0.2) is 15.0 Å². The van der Waals surface area contributed by atoms with Gasteiger partial charge in [0.15, 0.2) is 0 Å². The zero-order chi connectivity index (χ0) is 14.9. The van der Waals surface area contributed by atoms with Gasteiger partial charge in [-0.25, -0.2) is 8.42 Å². The van der Waals surface area contributed by atoms with Crippen molar-refractivity contribution in [2.45, 2.75) is 18.6 Å². The number of para-hydroxylation sites is 2. The summed E-state index contributed by atoms with van der Waals surface area (Å²) in [5, 5.41) is 0. The summed E-state index contributed by atoms with van der Waals surface area (Å²) in [5.41, 5.74) is 8.94. The number of rotatable bonds is 3. The largest absolute Gasteiger partial charge is 0.398 e. The van der Waals surface area contributed by atoms with E-state index in [9.17, 15) is 8.42 Å². The topological polar surface area (TPSA) is 63.4 Å². The fraction of sp³-hybridized carbons (Fsp3) is 0.250. The van der Waals surface area contributed by atoms with Crippen LogP contribution in [0, 0.1) is 0 Å². The van der Waals surface area contributed by atoms with Crippen molar-refractivity contribution < 1.29 is 8.42 Å². The molecule has 4 nitrogen and oxygen atoms in total. The fourth-order valence-electron chi connectivity index (χ4n) is 2.73. The Labute approximate surface area is 125 Å². The van der Waals surface area contributed by atoms with Gasteiger partial charge in [0, 0.05) is 12.2 Å². The molecule has 1 aliphatic heterocycles. The third-order valence-electron chi connectivity index (χ3n) is 3.80. The maximum absolute atomic E-state index is 12.7. The van der Waals surface area contributed by atoms with Crippen LogP contribution < -0.4 is 10.0 Å². The van der Waals surface area contributed by atoms with E-state index in [1.807, 2.05) is 36.4 Å². The number of anilines is 2. The van der Waals surface area contributed by atoms with Crippen LogP contribution >= 0.6 is 0 Å². The average molecular weight is 302 g/mol. The molecule has 3 rings (SSSR count). The first-order chi connectivity index (χ1) is 10.1. The molecule has 2 aromatic rings. The van der Waals surface area contributed by atoms with Gasteiger partial charge in [-0.2, -0.15) is 0 Å². The summed E-state index contributed by atoms with van der Waals surface area (Å²) in [7, 11) is -3.42. The molecule has 0 unspecified atom stereocenters. The Hall–Kier alpha value is -2.01. The van der Waals surface area contributed by atoms with E-state index in [2.05, 4.69) is 0 Å². The first kappa shape index (κ1) is 13.9. The second kappa shape index (κ2) is 5.41. The van der Waals surface area contributed by atoms with Crippen molar-refractivity contribution in [2.24, 2.45) is 0 Å². The summed E-state index contributed by atoms with van der Waals surface area (Å²) in [6.45, 7) is 0.534. The zero-order valence-electron chi connectivity index (χ0n) is 11.7. The van der Waals surface area contributed by atoms with E-state index in [0.717, 1.165) is 24.1 Å². The van der Waals surface area contributed by atoms with Gasteiger partial charge in [-0.15, -0.1) is 0 Å². The highest BCUT2D eigenvalue weighted by molar-refractivity contribution is 7.92. The Balaban J connectivity index is 1.95. The summed E-state index contributed by atoms with van der Waals surface area (Å²) in [6.07, 6.45) is 1.77. The third kappa shape index (κ3) is 2.74. The molecule has 0 aliphatic carbocycles. The van der Waals surface area contributed by atoms with Crippen molar-refractivity contribution in [1.82, 2.24) is 0 Å². The van der Waals surface area contributed by atoms with Gasteiger partial charge in [-0.3, -0.25) is 4.31 Å². The second-order valence-corrected chi connectivity index (χ2v) is 7.15. The van der Waals surface area contributed by atoms with Crippen LogP contribution in [0.1, 0.15) is 17.5 Å². The van der Waals surface area contributed by atoms with Crippen molar-refractivity contribution in [3.63, 3.8) is 0 Å². The maximum Gasteiger partial charge on any atom is 0.239 e. The average Bonchev–Trinajstić information content (AvgIpc) is 2.49. The summed E-state index contributed by atoms with van der Waals surface area (Å²) >= 11 is 0. The smallest absolute Gasteiger partial charge is 0.239 e. The number of nitrogens with zero attached hydrogens (tertiary/aromatic N) is 1. The minimum absolute atomic E-state index is 0.0615. The second-order valence-electron chi connectivity index (χ2n) is 5.26. The lowest BCUT2D eigenvalue weighted by Crippen LogP contribution is -2.36. The highest BCUT2D eigenvalue weighted by Gasteiger charge is 2.27. The maximum atomic E-state index is 12.7. The minimum atomic E-state index is -3.42. The number of sulfonamides is 1. The Morgan fingerprint density at radius 1 is 1.05 bits per heavy atom. The Morgan fingerprint density at radius 2 is 1.76 bits per heavy atom. The number of fused-ring (bicyclic) bond motifs is 1. The van der Waals surface area contributed by atoms with Gasteiger partial charge in [-0.05, 0) is 36.1 Å². The lowest BCUT2D eigenvalue weighted by atomic mass is 10.0. The molecule has 0 amide bonds. The Bertz CT molecular complexity index is 756. The van der Waals surface area contributed by atoms with E-state index in [-0.39, 0.29) is 5.75 Å². The monoisotopic (exact) mass is 302 g/mol. The van der Waals surface area contributed by atoms with Crippen molar-refractivity contribution in [3.05, 3.63) is 59.7 Å². The van der Waals surface area contributed by atoms with Gasteiger partial charge in [0.2, 0.25) is 10.0 Å². The van der Waals surface area contributed by atoms with Crippen molar-refractivity contribution in [2.75, 3.05) is 16.6 Å². The number of aryl methyl sites for hydroxylation is 1. The number of hydrogen-bond donors (Lipinski definition) is 1. The molecule has 5 heteroatoms. The molecule has 0 saturated carbocycles. The van der Waals surface area contributed by atoms with E-state index in [0.29, 0.717) is 17.8 Å². The van der Waals surface area contributed by atoms with Crippen LogP contribution in [0.5, 0.6) is 0 Å². The van der Waals surface area contributed by atoms with E-state index in [4.69, 9.17) is 5.73 Å². The molecule has 1 aliphatic rings. The predicted molar refractivity (Wildman–Crippen MR) is 85.6 cm³/mol. The quantitative estimate of drug-likeness (QED) is 0.886. The molecule has 1 heterocycles. The zero-order valence-corrected chi connectivity index (χ0v) is 12.5. The molecule has 0 saturated heterocycles. The molecule has 0 fully saturated rings. The van der Waals surface area contributed by atoms with Crippen LogP contribution in [0.3, 0.4) is 0 Å². The number of nitrogens with two attached hydrogens (primary N) is 1. The fourth-order valence-corrected chi connectivity index (χ4v) is 4.42. The van der Waals surface area contributed by atoms with Crippen molar-refractivity contribution >= 4 is 21.4 Å². The van der Waals surface area contributed by atoms with Gasteiger partial charge >= 0.3 is 0 Å². The van der Waals surface area contributed by atoms with E-state index >= 15 is 0 Å². The van der Waals surface area contributed by atoms with Gasteiger partial charge in [0.25, 0.3) is 0 Å². The van der Waals surface area contributed by atoms with E-state index in [1.54, 1.807) is 12.1 Å². The van der Waals surface area contributed by atoms with E-state index < -0.39 is 10.0 Å². The molecule has 0 radical (unpaired) electrons. The van der Waals surface area contributed by atoms with Gasteiger partial charge < -0.3 is 5.73 Å². The molecule has 0 bridgehead atoms. The standard InChI is InChI=1S/C16H18N2O2S/c17-15-9-3-1-7-14(15)12-21(19,20)18-11-5-8-13-6-2-4-10-16(13)18/h1-4,6-7,9-10H,5,8,11-12,17H2. The van der Waals surface area contributed by atoms with Crippen LogP contribution in [0.4, 0.5) is 11.4 Å². The third-order valence-corrected chi connectivity index (χ3v) is 5.52. The van der Waals surface area contributed by atoms with Gasteiger partial charge in [-0.1, -0.05) is 36.4 Å². The van der Waals surface area contributed by atoms with Gasteiger partial charge in [0.1, 0.15) is 0 Å². The molecular formula is C16H18N2O2S. The SMILES string of the molecule is Nc1ccccc1CS(=O)(=O)N1CCCc2ccccc21. The molecule has 2 aromatic carbocycles. The summed E-state index contributed by atoms with van der Waals surface area (Å²) in [4.78, 5) is 0. The van der Waals surface area contributed by atoms with Crippen molar-refractivity contribution in [1.29, 1.82) is 0 Å². The summed E-state index contributed by atoms with van der Waals surface area (Å²) in [5.74, 6) is -0.0615. The number of benzene rings is 2. The van der Waals surface area contributed by atoms with Crippen molar-refractivity contribution in [3.8, 4) is 0 Å². The highest BCUT2D eigenvalue weighted by atomic mass is 32.2. The summed E-state index contributed by atoms with van der Waals surface area (Å²) < 4.78 is 27.0. The normalized spacial score (nSPS) is 14.8. The molecule has 110 valence electrons. The lowest BCUT2D eigenvalue weighted by molar-refractivity contribution is 0.586. The Morgan fingerprint density at radius 3 is 2.57 bits per heavy atom. The van der Waals surface area contributed by atoms with E-state index in [1.165, 1.54) is 4.31 Å². The van der Waals surface area contributed by atoms with Crippen LogP contribution in [0.25, 0.3) is 0 Å². The first-order valence-corrected chi connectivity index (χ1v) is 8.60. The van der Waals surface area contributed by atoms with Crippen LogP contribution in [0.2, 0.25) is 0 Å². The first-order valence-electron chi connectivity index (χ1n) is 6.99. The highest BCUT2D eigenvalue weighted by Crippen LogP contribution is 2.30. The van der Waals surface area contributed by atoms with Crippen LogP contribution in [0.15, 0.2) is 48.5 Å². The van der Waals surface area contributed by atoms with Gasteiger partial charge in [0.05, 0.1) is 11.4 Å². The minimum Gasteiger partial charge on any atom is -0.398 e. The molecule has 0 spiro atoms. The molecule has 2 N–H and O–H groups in total. The van der Waals surface area contributed by atoms with Crippen LogP contribution in [-0.2, 0) is 22.2 Å². The number of hydrogen-bond acceptors (Lipinski definition) is 3. The molecule has 0 atom stereocenters. The molecule has 0 aromatic heterocycles. The molecular weight excluding hydrogens is 284 g/mol. The Kier molecular flexibility index (Phi) is 3.59. The molecule has 21 heavy (non-hydrogen) atoms. The summed E-state index contributed by atoms with van der Waals surface area (Å²) in [6, 6.07) is 14.8. The predicted octanol–water partition coefficient (Wildman–Crippen LogP) is 2.55. The lowest BCUT2D eigenvalue weighted by Gasteiger charge is -2.30.